The van der Waals surface area contributed by atoms with E-state index in [4.69, 9.17) is 13.8 Å². The monoisotopic (exact) mass is 353 g/mol. The molecule has 24 heavy (non-hydrogen) atoms. The number of hydrogen-bond acceptors (Lipinski definition) is 5. The zero-order chi connectivity index (χ0) is 17.6. The third kappa shape index (κ3) is 3.95. The second-order valence-corrected chi connectivity index (χ2v) is 7.09. The van der Waals surface area contributed by atoms with Crippen LogP contribution in [0.25, 0.3) is 0 Å². The third-order valence-corrected chi connectivity index (χ3v) is 5.81. The van der Waals surface area contributed by atoms with Gasteiger partial charge in [-0.15, -0.1) is 0 Å². The van der Waals surface area contributed by atoms with Crippen LogP contribution >= 0.6 is 7.75 Å². The van der Waals surface area contributed by atoms with Gasteiger partial charge in [0.1, 0.15) is 0 Å². The van der Waals surface area contributed by atoms with E-state index in [-0.39, 0.29) is 19.8 Å². The molecule has 0 fully saturated rings. The normalized spacial score (nSPS) is 18.5. The van der Waals surface area contributed by atoms with E-state index >= 15 is 0 Å². The fourth-order valence-electron chi connectivity index (χ4n) is 2.72. The first-order chi connectivity index (χ1) is 11.6. The Morgan fingerprint density at radius 3 is 2.29 bits per heavy atom. The van der Waals surface area contributed by atoms with Gasteiger partial charge in [0.25, 0.3) is 0 Å². The van der Waals surface area contributed by atoms with E-state index < -0.39 is 19.8 Å². The molecular weight excluding hydrogens is 329 g/mol. The van der Waals surface area contributed by atoms with Crippen molar-refractivity contribution in [3.8, 4) is 0 Å². The molecule has 0 amide bonds. The summed E-state index contributed by atoms with van der Waals surface area (Å²) in [5.74, 6) is -0.409. The molecule has 0 saturated heterocycles. The van der Waals surface area contributed by atoms with Crippen LogP contribution in [0.5, 0.6) is 0 Å². The molecule has 1 aliphatic heterocycles. The maximum atomic E-state index is 13.2. The predicted molar refractivity (Wildman–Crippen MR) is 91.5 cm³/mol. The molecule has 0 radical (unpaired) electrons. The Hall–Kier alpha value is -1.46. The van der Waals surface area contributed by atoms with Gasteiger partial charge in [-0.2, -0.15) is 4.67 Å². The molecule has 1 heterocycles. The highest BCUT2D eigenvalue weighted by molar-refractivity contribution is 7.51. The topological polar surface area (TPSA) is 65.1 Å². The van der Waals surface area contributed by atoms with Gasteiger partial charge in [0.15, 0.2) is 0 Å². The number of carbonyl (C=O) groups is 1. The fraction of sp³-hybridized carbons (Fsp3) is 0.471. The van der Waals surface area contributed by atoms with Crippen LogP contribution in [0.15, 0.2) is 42.0 Å². The molecule has 0 N–H and O–H groups in total. The first-order valence-corrected chi connectivity index (χ1v) is 9.65. The Bertz CT molecular complexity index is 621. The summed E-state index contributed by atoms with van der Waals surface area (Å²) < 4.78 is 30.9. The van der Waals surface area contributed by atoms with Gasteiger partial charge in [-0.3, -0.25) is 9.05 Å². The molecule has 1 unspecified atom stereocenters. The third-order valence-electron chi connectivity index (χ3n) is 3.62. The van der Waals surface area contributed by atoms with Gasteiger partial charge >= 0.3 is 13.7 Å². The molecule has 7 heteroatoms. The van der Waals surface area contributed by atoms with Crippen molar-refractivity contribution in [1.82, 2.24) is 4.67 Å². The molecule has 0 aliphatic carbocycles. The van der Waals surface area contributed by atoms with Gasteiger partial charge in [0.05, 0.1) is 31.4 Å². The van der Waals surface area contributed by atoms with E-state index in [1.165, 1.54) is 0 Å². The summed E-state index contributed by atoms with van der Waals surface area (Å²) in [6, 6.07) is 8.90. The number of carbonyl (C=O) groups excluding carboxylic acids is 1. The van der Waals surface area contributed by atoms with Gasteiger partial charge in [0, 0.05) is 6.54 Å². The molecular formula is C17H24NO5P. The molecule has 0 aromatic heterocycles. The van der Waals surface area contributed by atoms with E-state index in [1.807, 2.05) is 30.3 Å². The van der Waals surface area contributed by atoms with E-state index in [0.29, 0.717) is 12.1 Å². The van der Waals surface area contributed by atoms with Crippen LogP contribution in [0.2, 0.25) is 0 Å². The Morgan fingerprint density at radius 2 is 1.75 bits per heavy atom. The highest BCUT2D eigenvalue weighted by atomic mass is 31.2. The largest absolute Gasteiger partial charge is 0.463 e. The van der Waals surface area contributed by atoms with Crippen molar-refractivity contribution in [3.05, 3.63) is 47.5 Å². The molecule has 0 bridgehead atoms. The molecule has 1 atom stereocenters. The van der Waals surface area contributed by atoms with Crippen molar-refractivity contribution >= 4 is 13.7 Å². The zero-order valence-electron chi connectivity index (χ0n) is 14.3. The van der Waals surface area contributed by atoms with Crippen molar-refractivity contribution in [1.29, 1.82) is 0 Å². The number of benzene rings is 1. The van der Waals surface area contributed by atoms with Crippen LogP contribution in [0.1, 0.15) is 32.4 Å². The molecule has 0 spiro atoms. The van der Waals surface area contributed by atoms with Crippen LogP contribution in [-0.2, 0) is 23.1 Å². The van der Waals surface area contributed by atoms with Crippen molar-refractivity contribution in [2.45, 2.75) is 26.8 Å². The fourth-order valence-corrected chi connectivity index (χ4v) is 4.57. The van der Waals surface area contributed by atoms with E-state index in [2.05, 4.69) is 0 Å². The minimum absolute atomic E-state index is 0.254. The second kappa shape index (κ2) is 8.58. The highest BCUT2D eigenvalue weighted by Gasteiger charge is 2.45. The number of hydrogen-bond donors (Lipinski definition) is 0. The quantitative estimate of drug-likeness (QED) is 0.524. The lowest BCUT2D eigenvalue weighted by atomic mass is 10.0. The maximum absolute atomic E-state index is 13.2. The zero-order valence-corrected chi connectivity index (χ0v) is 15.2. The van der Waals surface area contributed by atoms with Gasteiger partial charge < -0.3 is 4.74 Å². The minimum Gasteiger partial charge on any atom is -0.463 e. The summed E-state index contributed by atoms with van der Waals surface area (Å²) in [6.07, 6.45) is 1.74. The van der Waals surface area contributed by atoms with E-state index in [1.54, 1.807) is 31.5 Å². The van der Waals surface area contributed by atoms with Crippen LogP contribution in [-0.4, -0.2) is 37.0 Å². The summed E-state index contributed by atoms with van der Waals surface area (Å²) in [5.41, 5.74) is 1.30. The number of nitrogens with zero attached hydrogens (tertiary/aromatic N) is 1. The number of esters is 1. The Balaban J connectivity index is 2.42. The van der Waals surface area contributed by atoms with Gasteiger partial charge in [-0.05, 0) is 26.3 Å². The number of rotatable bonds is 8. The average Bonchev–Trinajstić information content (AvgIpc) is 3.02. The summed E-state index contributed by atoms with van der Waals surface area (Å²) >= 11 is 0. The minimum atomic E-state index is -3.51. The number of ether oxygens (including phenoxy) is 1. The molecule has 1 aromatic rings. The highest BCUT2D eigenvalue weighted by Crippen LogP contribution is 2.58. The summed E-state index contributed by atoms with van der Waals surface area (Å²) in [6.45, 7) is 6.37. The van der Waals surface area contributed by atoms with Crippen molar-refractivity contribution < 1.29 is 23.1 Å². The molecule has 2 rings (SSSR count). The second-order valence-electron chi connectivity index (χ2n) is 5.12. The molecule has 6 nitrogen and oxygen atoms in total. The Morgan fingerprint density at radius 1 is 1.12 bits per heavy atom. The summed E-state index contributed by atoms with van der Waals surface area (Å²) in [7, 11) is -3.51. The van der Waals surface area contributed by atoms with Gasteiger partial charge in [-0.25, -0.2) is 9.36 Å². The first kappa shape index (κ1) is 18.9. The predicted octanol–water partition coefficient (Wildman–Crippen LogP) is 3.71. The van der Waals surface area contributed by atoms with Gasteiger partial charge in [0.2, 0.25) is 0 Å². The lowest BCUT2D eigenvalue weighted by Crippen LogP contribution is -2.27. The lowest BCUT2D eigenvalue weighted by molar-refractivity contribution is -0.138. The molecule has 132 valence electrons. The van der Waals surface area contributed by atoms with Crippen molar-refractivity contribution in [2.24, 2.45) is 0 Å². The smallest absolute Gasteiger partial charge is 0.409 e. The molecule has 1 aliphatic rings. The standard InChI is InChI=1S/C17H24NO5P/c1-4-21-17(19)15-12-13-18(24(20,22-5-2)23-6-3)16(15)14-10-8-7-9-11-14/h7-12,16H,4-6,13H2,1-3H3. The van der Waals surface area contributed by atoms with Crippen LogP contribution in [0.3, 0.4) is 0 Å². The molecule has 1 aromatic carbocycles. The summed E-state index contributed by atoms with van der Waals surface area (Å²) in [5, 5.41) is 0. The Labute approximate surface area is 143 Å². The maximum Gasteiger partial charge on any atom is 0.409 e. The van der Waals surface area contributed by atoms with Crippen LogP contribution in [0.4, 0.5) is 0 Å². The van der Waals surface area contributed by atoms with Crippen molar-refractivity contribution in [2.75, 3.05) is 26.4 Å². The van der Waals surface area contributed by atoms with Crippen LogP contribution in [0, 0.1) is 0 Å². The van der Waals surface area contributed by atoms with Crippen molar-refractivity contribution in [3.63, 3.8) is 0 Å². The lowest BCUT2D eigenvalue weighted by Gasteiger charge is -2.32. The summed E-state index contributed by atoms with van der Waals surface area (Å²) in [4.78, 5) is 12.3. The first-order valence-electron chi connectivity index (χ1n) is 8.15. The Kier molecular flexibility index (Phi) is 6.75. The van der Waals surface area contributed by atoms with Crippen LogP contribution < -0.4 is 0 Å². The molecule has 0 saturated carbocycles. The average molecular weight is 353 g/mol. The van der Waals surface area contributed by atoms with Gasteiger partial charge in [-0.1, -0.05) is 36.4 Å². The van der Waals surface area contributed by atoms with E-state index in [9.17, 15) is 9.36 Å². The SMILES string of the molecule is CCOC(=O)C1=CCN(P(=O)(OCC)OCC)C1c1ccccc1. The van der Waals surface area contributed by atoms with E-state index in [0.717, 1.165) is 5.56 Å².